The Morgan fingerprint density at radius 2 is 1.00 bits per heavy atom. The van der Waals surface area contributed by atoms with Crippen molar-refractivity contribution in [1.29, 1.82) is 0 Å². The summed E-state index contributed by atoms with van der Waals surface area (Å²) in [5.74, 6) is 0. The number of rotatable bonds is 9. The number of hydrogen-bond donors (Lipinski definition) is 0. The molecule has 108 valence electrons. The van der Waals surface area contributed by atoms with Crippen molar-refractivity contribution in [1.82, 2.24) is 4.90 Å². The predicted octanol–water partition coefficient (Wildman–Crippen LogP) is 5.74. The molecule has 0 saturated heterocycles. The summed E-state index contributed by atoms with van der Waals surface area (Å²) in [6.45, 7) is 18.7. The number of nitrogens with zero attached hydrogens (tertiary/aromatic N) is 1. The Labute approximate surface area is 112 Å². The minimum absolute atomic E-state index is 1.29. The quantitative estimate of drug-likeness (QED) is 0.468. The van der Waals surface area contributed by atoms with E-state index in [9.17, 15) is 0 Å². The van der Waals surface area contributed by atoms with Gasteiger partial charge in [-0.3, -0.25) is 0 Å². The van der Waals surface area contributed by atoms with Gasteiger partial charge in [-0.2, -0.15) is 0 Å². The van der Waals surface area contributed by atoms with Crippen LogP contribution >= 0.6 is 0 Å². The summed E-state index contributed by atoms with van der Waals surface area (Å²) in [6.07, 6.45) is 8.17. The van der Waals surface area contributed by atoms with Gasteiger partial charge in [0.05, 0.1) is 0 Å². The Balaban J connectivity index is -0.000000439. The smallest absolute Gasteiger partial charge is 0.00187 e. The number of hydrogen-bond acceptors (Lipinski definition) is 1. The first-order valence-corrected chi connectivity index (χ1v) is 8.07. The van der Waals surface area contributed by atoms with Crippen molar-refractivity contribution in [3.8, 4) is 0 Å². The molecular weight excluding hydrogens is 206 g/mol. The summed E-state index contributed by atoms with van der Waals surface area (Å²) in [7, 11) is 0. The lowest BCUT2D eigenvalue weighted by Crippen LogP contribution is -2.26. The summed E-state index contributed by atoms with van der Waals surface area (Å²) in [4.78, 5) is 2.61. The maximum atomic E-state index is 2.61. The zero-order valence-corrected chi connectivity index (χ0v) is 13.8. The molecule has 17 heavy (non-hydrogen) atoms. The maximum Gasteiger partial charge on any atom is -0.00187 e. The molecule has 0 saturated carbocycles. The summed E-state index contributed by atoms with van der Waals surface area (Å²) >= 11 is 0. The van der Waals surface area contributed by atoms with E-state index < -0.39 is 0 Å². The predicted molar refractivity (Wildman–Crippen MR) is 83.9 cm³/mol. The molecule has 0 aliphatic carbocycles. The fraction of sp³-hybridized carbons (Fsp3) is 1.00. The molecule has 0 aromatic carbocycles. The van der Waals surface area contributed by atoms with E-state index in [-0.39, 0.29) is 0 Å². The SMILES string of the molecule is CC.CC.CCCCCCN(CCC)CCC. The van der Waals surface area contributed by atoms with Crippen LogP contribution in [0.5, 0.6) is 0 Å². The first-order valence-electron chi connectivity index (χ1n) is 8.07. The molecule has 0 aromatic rings. The Kier molecular flexibility index (Phi) is 32.6. The molecule has 0 aliphatic rings. The van der Waals surface area contributed by atoms with Crippen LogP contribution in [-0.2, 0) is 0 Å². The van der Waals surface area contributed by atoms with E-state index in [2.05, 4.69) is 25.7 Å². The van der Waals surface area contributed by atoms with Crippen molar-refractivity contribution >= 4 is 0 Å². The average Bonchev–Trinajstić information content (AvgIpc) is 2.40. The van der Waals surface area contributed by atoms with Crippen LogP contribution in [0.3, 0.4) is 0 Å². The van der Waals surface area contributed by atoms with Crippen LogP contribution in [0.2, 0.25) is 0 Å². The molecule has 0 radical (unpaired) electrons. The van der Waals surface area contributed by atoms with Gasteiger partial charge >= 0.3 is 0 Å². The molecule has 0 fully saturated rings. The van der Waals surface area contributed by atoms with E-state index in [0.717, 1.165) is 0 Å². The lowest BCUT2D eigenvalue weighted by atomic mass is 10.2. The van der Waals surface area contributed by atoms with Crippen LogP contribution in [0.25, 0.3) is 0 Å². The monoisotopic (exact) mass is 245 g/mol. The molecule has 0 aromatic heterocycles. The van der Waals surface area contributed by atoms with Gasteiger partial charge in [0.1, 0.15) is 0 Å². The summed E-state index contributed by atoms with van der Waals surface area (Å²) < 4.78 is 0. The summed E-state index contributed by atoms with van der Waals surface area (Å²) in [5.41, 5.74) is 0. The van der Waals surface area contributed by atoms with Crippen LogP contribution in [0.15, 0.2) is 0 Å². The molecule has 1 nitrogen and oxygen atoms in total. The van der Waals surface area contributed by atoms with Gasteiger partial charge in [0.25, 0.3) is 0 Å². The van der Waals surface area contributed by atoms with Gasteiger partial charge in [0, 0.05) is 0 Å². The van der Waals surface area contributed by atoms with Gasteiger partial charge in [0.2, 0.25) is 0 Å². The van der Waals surface area contributed by atoms with Crippen LogP contribution in [-0.4, -0.2) is 24.5 Å². The van der Waals surface area contributed by atoms with Crippen molar-refractivity contribution in [3.05, 3.63) is 0 Å². The van der Waals surface area contributed by atoms with Crippen LogP contribution in [0.1, 0.15) is 87.0 Å². The molecule has 0 aliphatic heterocycles. The fourth-order valence-electron chi connectivity index (χ4n) is 1.73. The van der Waals surface area contributed by atoms with E-state index in [4.69, 9.17) is 0 Å². The average molecular weight is 245 g/mol. The highest BCUT2D eigenvalue weighted by atomic mass is 15.1. The highest BCUT2D eigenvalue weighted by Crippen LogP contribution is 2.02. The topological polar surface area (TPSA) is 3.24 Å². The van der Waals surface area contributed by atoms with Crippen molar-refractivity contribution in [2.24, 2.45) is 0 Å². The van der Waals surface area contributed by atoms with Crippen molar-refractivity contribution < 1.29 is 0 Å². The minimum Gasteiger partial charge on any atom is -0.303 e. The normalized spacial score (nSPS) is 9.18. The zero-order valence-electron chi connectivity index (χ0n) is 13.8. The van der Waals surface area contributed by atoms with E-state index in [1.807, 2.05) is 27.7 Å². The second-order valence-electron chi connectivity index (χ2n) is 3.90. The zero-order chi connectivity index (χ0) is 13.9. The third kappa shape index (κ3) is 21.7. The Morgan fingerprint density at radius 1 is 0.529 bits per heavy atom. The summed E-state index contributed by atoms with van der Waals surface area (Å²) in [5, 5.41) is 0. The molecular formula is C16H39N. The lowest BCUT2D eigenvalue weighted by Gasteiger charge is -2.20. The molecule has 0 rings (SSSR count). The molecule has 1 heteroatoms. The molecule has 0 unspecified atom stereocenters. The van der Waals surface area contributed by atoms with Gasteiger partial charge in [-0.05, 0) is 38.9 Å². The van der Waals surface area contributed by atoms with E-state index >= 15 is 0 Å². The standard InChI is InChI=1S/C12H27N.2C2H6/c1-4-7-8-9-12-13(10-5-2)11-6-3;2*1-2/h4-12H2,1-3H3;2*1-2H3. The van der Waals surface area contributed by atoms with Gasteiger partial charge in [-0.1, -0.05) is 67.7 Å². The highest BCUT2D eigenvalue weighted by molar-refractivity contribution is 4.56. The van der Waals surface area contributed by atoms with Crippen LogP contribution in [0.4, 0.5) is 0 Å². The van der Waals surface area contributed by atoms with Gasteiger partial charge in [-0.25, -0.2) is 0 Å². The molecule has 0 atom stereocenters. The largest absolute Gasteiger partial charge is 0.303 e. The van der Waals surface area contributed by atoms with Crippen molar-refractivity contribution in [2.45, 2.75) is 87.0 Å². The molecule has 0 spiro atoms. The van der Waals surface area contributed by atoms with Gasteiger partial charge < -0.3 is 4.90 Å². The van der Waals surface area contributed by atoms with Gasteiger partial charge in [-0.15, -0.1) is 0 Å². The second kappa shape index (κ2) is 25.0. The molecule has 0 heterocycles. The molecule has 0 bridgehead atoms. The Morgan fingerprint density at radius 3 is 1.35 bits per heavy atom. The highest BCUT2D eigenvalue weighted by Gasteiger charge is 2.00. The van der Waals surface area contributed by atoms with Crippen molar-refractivity contribution in [2.75, 3.05) is 19.6 Å². The first-order chi connectivity index (χ1) is 8.35. The molecule has 0 amide bonds. The van der Waals surface area contributed by atoms with Gasteiger partial charge in [0.15, 0.2) is 0 Å². The Hall–Kier alpha value is -0.0400. The molecule has 0 N–H and O–H groups in total. The minimum atomic E-state index is 1.29. The third-order valence-electron chi connectivity index (χ3n) is 2.41. The summed E-state index contributed by atoms with van der Waals surface area (Å²) in [6, 6.07) is 0. The first kappa shape index (κ1) is 22.2. The van der Waals surface area contributed by atoms with Crippen LogP contribution in [0, 0.1) is 0 Å². The maximum absolute atomic E-state index is 2.61. The van der Waals surface area contributed by atoms with Crippen LogP contribution < -0.4 is 0 Å². The van der Waals surface area contributed by atoms with E-state index in [1.54, 1.807) is 0 Å². The van der Waals surface area contributed by atoms with E-state index in [1.165, 1.54) is 58.2 Å². The number of unbranched alkanes of at least 4 members (excludes halogenated alkanes) is 3. The lowest BCUT2D eigenvalue weighted by molar-refractivity contribution is 0.268. The Bertz CT molecular complexity index is 85.5. The van der Waals surface area contributed by atoms with Crippen molar-refractivity contribution in [3.63, 3.8) is 0 Å². The fourth-order valence-corrected chi connectivity index (χ4v) is 1.73. The third-order valence-corrected chi connectivity index (χ3v) is 2.41. The van der Waals surface area contributed by atoms with E-state index in [0.29, 0.717) is 0 Å². The second-order valence-corrected chi connectivity index (χ2v) is 3.90.